The van der Waals surface area contributed by atoms with Crippen LogP contribution in [0.3, 0.4) is 0 Å². The van der Waals surface area contributed by atoms with Gasteiger partial charge in [0.05, 0.1) is 34.4 Å². The molecule has 0 spiro atoms. The average Bonchev–Trinajstić information content (AvgIpc) is 1.62. The van der Waals surface area contributed by atoms with Crippen molar-refractivity contribution in [1.82, 2.24) is 62.7 Å². The molecule has 0 amide bonds. The number of nitrogens with zero attached hydrogens (tertiary/aromatic N) is 13. The van der Waals surface area contributed by atoms with Gasteiger partial charge in [0.2, 0.25) is 0 Å². The molecule has 5 fully saturated rings. The highest BCUT2D eigenvalue weighted by atomic mass is 35.5. The topological polar surface area (TPSA) is 509 Å². The minimum Gasteiger partial charge on any atom is -0.392 e. The summed E-state index contributed by atoms with van der Waals surface area (Å²) < 4.78 is 131. The second kappa shape index (κ2) is 39.4. The number of aliphatic hydroxyl groups is 14. The van der Waals surface area contributed by atoms with Gasteiger partial charge in [0.15, 0.2) is 54.4 Å². The van der Waals surface area contributed by atoms with E-state index >= 15 is 0 Å². The van der Waals surface area contributed by atoms with E-state index in [1.807, 2.05) is 25.1 Å². The molecule has 0 radical (unpaired) electrons. The molecule has 5 aliphatic heterocycles. The van der Waals surface area contributed by atoms with Crippen molar-refractivity contribution in [2.24, 2.45) is 11.5 Å². The molecule has 18 N–H and O–H groups in total. The van der Waals surface area contributed by atoms with Crippen LogP contribution in [-0.4, -0.2) is 226 Å². The number of hydrogen-bond donors (Lipinski definition) is 16. The number of aromatic nitrogens is 13. The standard InChI is InChI=1S/C19H20FN3O5.C18H17F2N3O3.C18H16F2N2O4.C17H16ClFN4O3.C17H15ClFN3O4/c1-9-12-4-5-23(18(12)22-8-21-9)19-16(27)15(26)17(28-19)14(25)10-2-3-13(20)11(6-10)7-24;19-11-4-3-10(8-12(11)20)13(21)16-14(24)15(25)18(26-16)23-7-5-9-2-1-6-22-17(9)23;19-11-4-3-10(8-12(11)20)13(23)16-14(24)15(25)18(26-16)22-7-5-9-2-1-6-21-17(9)22;18-10-2-1-8(5-11(10)19)12(20)15-13(24)14(25)17(26-15)23-4-3-9-6-21-7-22-16(9)23;18-10-2-1-8(5-11(10)19)12(23)15-13(24)14(25)17(26-15)22-4-3-9-6-20-7-21-16(9)22/h2-6,8,14-17,19,24-27H,7H2,1H3;1-8,13-16,18,24-25H,21H2;1-8,13-16,18,23-25H;1-7,12-15,17,24-25H,20H2;1-7,12-15,17,23-25H/t14-,15+,16-,17-,19-;2*13-,14+,15-,16-,18-;2*12-,13+,14-,15-,17-/m11111/s1. The van der Waals surface area contributed by atoms with Crippen LogP contribution in [0.1, 0.15) is 101 Å². The monoisotopic (exact) mass is 1870 g/mol. The summed E-state index contributed by atoms with van der Waals surface area (Å²) in [5.41, 5.74) is 16.9. The zero-order chi connectivity index (χ0) is 93.7. The number of hydrogen-bond acceptors (Lipinski definition) is 29. The van der Waals surface area contributed by atoms with Crippen molar-refractivity contribution < 1.29 is 126 Å². The van der Waals surface area contributed by atoms with Crippen molar-refractivity contribution in [2.45, 2.75) is 167 Å². The molecule has 15 heterocycles. The molecule has 15 aromatic rings. The molecule has 43 heteroatoms. The molecule has 34 nitrogen and oxygen atoms in total. The Morgan fingerprint density at radius 2 is 0.659 bits per heavy atom. The fraction of sp³-hybridized carbons (Fsp3) is 0.303. The molecule has 692 valence electrons. The van der Waals surface area contributed by atoms with Gasteiger partial charge in [-0.3, -0.25) is 0 Å². The third kappa shape index (κ3) is 18.4. The van der Waals surface area contributed by atoms with Gasteiger partial charge < -0.3 is 129 Å². The number of halogens is 9. The van der Waals surface area contributed by atoms with Gasteiger partial charge in [-0.15, -0.1) is 0 Å². The first-order valence-electron chi connectivity index (χ1n) is 40.8. The van der Waals surface area contributed by atoms with Crippen LogP contribution < -0.4 is 11.5 Å². The number of aryl methyl sites for hydroxylation is 1. The number of pyridine rings is 2. The molecular weight excluding hydrogens is 1790 g/mol. The zero-order valence-electron chi connectivity index (χ0n) is 68.6. The summed E-state index contributed by atoms with van der Waals surface area (Å²) in [6.07, 6.45) is -8.56. The molecule has 0 saturated carbocycles. The Kier molecular flexibility index (Phi) is 28.0. The molecule has 5 saturated heterocycles. The van der Waals surface area contributed by atoms with Gasteiger partial charge in [-0.25, -0.2) is 70.6 Å². The lowest BCUT2D eigenvalue weighted by Gasteiger charge is -2.22. The summed E-state index contributed by atoms with van der Waals surface area (Å²) in [6, 6.07) is 32.2. The lowest BCUT2D eigenvalue weighted by atomic mass is 9.97. The largest absolute Gasteiger partial charge is 0.392 e. The van der Waals surface area contributed by atoms with Crippen LogP contribution in [0.2, 0.25) is 10.0 Å². The third-order valence-corrected chi connectivity index (χ3v) is 24.2. The van der Waals surface area contributed by atoms with E-state index in [-0.39, 0.29) is 37.9 Å². The molecule has 5 aromatic carbocycles. The predicted molar refractivity (Wildman–Crippen MR) is 453 cm³/mol. The van der Waals surface area contributed by atoms with E-state index in [1.54, 1.807) is 121 Å². The van der Waals surface area contributed by atoms with Crippen LogP contribution in [0.4, 0.5) is 30.7 Å². The van der Waals surface area contributed by atoms with Crippen molar-refractivity contribution in [2.75, 3.05) is 0 Å². The van der Waals surface area contributed by atoms with Gasteiger partial charge in [0.1, 0.15) is 175 Å². The van der Waals surface area contributed by atoms with Gasteiger partial charge in [0.25, 0.3) is 0 Å². The summed E-state index contributed by atoms with van der Waals surface area (Å²) in [7, 11) is 0. The van der Waals surface area contributed by atoms with Crippen molar-refractivity contribution in [3.63, 3.8) is 0 Å². The van der Waals surface area contributed by atoms with Gasteiger partial charge in [-0.05, 0) is 150 Å². The maximum atomic E-state index is 13.7. The summed E-state index contributed by atoms with van der Waals surface area (Å²) in [5, 5.41) is 149. The average molecular weight is 1870 g/mol. The van der Waals surface area contributed by atoms with E-state index in [9.17, 15) is 102 Å². The highest BCUT2D eigenvalue weighted by Gasteiger charge is 2.53. The molecule has 25 atom stereocenters. The first-order chi connectivity index (χ1) is 63.3. The fourth-order valence-electron chi connectivity index (χ4n) is 16.5. The minimum absolute atomic E-state index is 0.0183. The van der Waals surface area contributed by atoms with Crippen molar-refractivity contribution >= 4 is 78.4 Å². The molecule has 0 bridgehead atoms. The van der Waals surface area contributed by atoms with Crippen LogP contribution in [-0.2, 0) is 30.3 Å². The molecule has 0 unspecified atom stereocenters. The lowest BCUT2D eigenvalue weighted by Crippen LogP contribution is -2.38. The van der Waals surface area contributed by atoms with Gasteiger partial charge in [-0.1, -0.05) is 53.5 Å². The van der Waals surface area contributed by atoms with Gasteiger partial charge in [-0.2, -0.15) is 0 Å². The summed E-state index contributed by atoms with van der Waals surface area (Å²) in [4.78, 5) is 33.0. The Bertz CT molecular complexity index is 6000. The second-order valence-corrected chi connectivity index (χ2v) is 32.5. The van der Waals surface area contributed by atoms with Crippen LogP contribution >= 0.6 is 23.2 Å². The number of fused-ring (bicyclic) bond motifs is 5. The maximum absolute atomic E-state index is 13.7. The number of aliphatic hydroxyl groups excluding tert-OH is 14. The summed E-state index contributed by atoms with van der Waals surface area (Å²) in [6.45, 7) is 1.30. The van der Waals surface area contributed by atoms with E-state index in [0.29, 0.717) is 33.8 Å². The van der Waals surface area contributed by atoms with Crippen LogP contribution in [0.15, 0.2) is 220 Å². The Morgan fingerprint density at radius 3 is 1.07 bits per heavy atom. The maximum Gasteiger partial charge on any atom is 0.164 e. The van der Waals surface area contributed by atoms with E-state index in [2.05, 4.69) is 39.9 Å². The smallest absolute Gasteiger partial charge is 0.164 e. The highest BCUT2D eigenvalue weighted by molar-refractivity contribution is 6.31. The second-order valence-electron chi connectivity index (χ2n) is 31.7. The van der Waals surface area contributed by atoms with E-state index in [4.69, 9.17) is 58.4 Å². The molecular formula is C89H84Cl2F7N15O19. The predicted octanol–water partition coefficient (Wildman–Crippen LogP) is 7.14. The van der Waals surface area contributed by atoms with Crippen molar-refractivity contribution in [3.8, 4) is 0 Å². The van der Waals surface area contributed by atoms with Crippen molar-refractivity contribution in [1.29, 1.82) is 0 Å². The SMILES string of the molecule is Cc1ncnc2c1ccn2[C@@H]1O[C@H]([C@H](O)c2ccc(F)c(CO)c2)[C@@H](O)[C@H]1O.N[C@H](c1ccc(Cl)c(F)c1)[C@H]1O[C@@H](n2ccc3cncnc32)[C@H](O)[C@@H]1O.N[C@H](c1ccc(F)c(F)c1)[C@H]1O[C@@H](n2ccc3cccnc32)[C@H](O)[C@@H]1O.O[C@@H]1[C@H](O)[C@@H]([C@H](O)c2ccc(Cl)c(F)c2)O[C@H]1n1ccc2cncnc21.O[C@@H]1[C@H](O)[C@@H]([C@H](O)c2ccc(F)c(F)c2)O[C@H]1n1ccc2cccnc21. The minimum atomic E-state index is -1.45. The number of benzene rings is 5. The Labute approximate surface area is 751 Å². The normalized spacial score (nSPS) is 26.9. The van der Waals surface area contributed by atoms with E-state index < -0.39 is 200 Å². The van der Waals surface area contributed by atoms with Crippen LogP contribution in [0.25, 0.3) is 55.2 Å². The van der Waals surface area contributed by atoms with Crippen molar-refractivity contribution in [3.05, 3.63) is 310 Å². The Morgan fingerprint density at radius 1 is 0.341 bits per heavy atom. The van der Waals surface area contributed by atoms with E-state index in [1.165, 1.54) is 67.5 Å². The summed E-state index contributed by atoms with van der Waals surface area (Å²) in [5.74, 6) is -6.10. The molecule has 5 aliphatic rings. The number of rotatable bonds is 16. The molecule has 132 heavy (non-hydrogen) atoms. The lowest BCUT2D eigenvalue weighted by molar-refractivity contribution is -0.0849. The fourth-order valence-corrected chi connectivity index (χ4v) is 16.8. The zero-order valence-corrected chi connectivity index (χ0v) is 70.1. The highest BCUT2D eigenvalue weighted by Crippen LogP contribution is 2.45. The molecule has 0 aliphatic carbocycles. The first-order valence-corrected chi connectivity index (χ1v) is 41.5. The van der Waals surface area contributed by atoms with E-state index in [0.717, 1.165) is 69.0 Å². The Hall–Kier alpha value is -11.4. The van der Waals surface area contributed by atoms with Gasteiger partial charge in [0, 0.05) is 88.3 Å². The number of nitrogens with two attached hydrogens (primary N) is 2. The third-order valence-electron chi connectivity index (χ3n) is 23.6. The number of ether oxygens (including phenoxy) is 5. The first kappa shape index (κ1) is 93.8. The van der Waals surface area contributed by atoms with Crippen LogP contribution in [0.5, 0.6) is 0 Å². The molecule has 10 aromatic heterocycles. The van der Waals surface area contributed by atoms with Crippen LogP contribution in [0, 0.1) is 47.6 Å². The van der Waals surface area contributed by atoms with Gasteiger partial charge >= 0.3 is 0 Å². The summed E-state index contributed by atoms with van der Waals surface area (Å²) >= 11 is 11.3. The molecule has 20 rings (SSSR count). The Balaban J connectivity index is 0.000000120. The quantitative estimate of drug-likeness (QED) is 0.0427.